The van der Waals surface area contributed by atoms with Crippen LogP contribution in [-0.2, 0) is 31.4 Å². The maximum Gasteiger partial charge on any atom is 0.416 e. The fraction of sp³-hybridized carbons (Fsp3) is 0.148. The van der Waals surface area contributed by atoms with Gasteiger partial charge in [-0.25, -0.2) is 14.4 Å². The predicted octanol–water partition coefficient (Wildman–Crippen LogP) is 4.67. The first-order valence-corrected chi connectivity index (χ1v) is 12.2. The molecule has 3 aromatic carbocycles. The molecule has 44 heavy (non-hydrogen) atoms. The van der Waals surface area contributed by atoms with Gasteiger partial charge in [-0.2, -0.15) is 26.3 Å². The molecule has 0 spiro atoms. The number of rotatable bonds is 8. The lowest BCUT2D eigenvalue weighted by molar-refractivity contribution is -0.159. The van der Waals surface area contributed by atoms with Crippen molar-refractivity contribution >= 4 is 41.3 Å². The molecule has 0 saturated heterocycles. The van der Waals surface area contributed by atoms with Gasteiger partial charge in [0, 0.05) is 10.6 Å². The van der Waals surface area contributed by atoms with Gasteiger partial charge in [-0.1, -0.05) is 23.7 Å². The Morgan fingerprint density at radius 1 is 0.659 bits per heavy atom. The van der Waals surface area contributed by atoms with Gasteiger partial charge in [0.05, 0.1) is 22.3 Å². The van der Waals surface area contributed by atoms with Crippen LogP contribution in [0.5, 0.6) is 0 Å². The molecule has 0 radical (unpaired) electrons. The maximum absolute atomic E-state index is 13.1. The first-order chi connectivity index (χ1) is 20.5. The number of alkyl halides is 6. The van der Waals surface area contributed by atoms with Crippen LogP contribution < -0.4 is 10.9 Å². The fourth-order valence-electron chi connectivity index (χ4n) is 3.37. The van der Waals surface area contributed by atoms with Crippen molar-refractivity contribution in [3.05, 3.63) is 106 Å². The molecule has 0 bridgehead atoms. The first kappa shape index (κ1) is 33.4. The highest BCUT2D eigenvalue weighted by Crippen LogP contribution is 2.31. The van der Waals surface area contributed by atoms with Gasteiger partial charge in [0.25, 0.3) is 11.8 Å². The van der Waals surface area contributed by atoms with Gasteiger partial charge >= 0.3 is 30.3 Å². The van der Waals surface area contributed by atoms with Crippen LogP contribution in [0.15, 0.2) is 72.8 Å². The number of halogens is 7. The molecular weight excluding hydrogens is 630 g/mol. The lowest BCUT2D eigenvalue weighted by Gasteiger charge is -2.24. The van der Waals surface area contributed by atoms with E-state index in [0.29, 0.717) is 24.3 Å². The summed E-state index contributed by atoms with van der Waals surface area (Å²) in [4.78, 5) is 62.8. The summed E-state index contributed by atoms with van der Waals surface area (Å²) in [6.07, 6.45) is -15.3. The second-order valence-electron chi connectivity index (χ2n) is 8.60. The van der Waals surface area contributed by atoms with Gasteiger partial charge in [0.1, 0.15) is 0 Å². The van der Waals surface area contributed by atoms with Crippen molar-refractivity contribution < 1.29 is 64.9 Å². The van der Waals surface area contributed by atoms with Crippen molar-refractivity contribution in [3.8, 4) is 0 Å². The summed E-state index contributed by atoms with van der Waals surface area (Å²) in [6.45, 7) is 0. The Morgan fingerprint density at radius 2 is 1.11 bits per heavy atom. The minimum Gasteiger partial charge on any atom is -0.478 e. The SMILES string of the molecule is O=C(NNC(=O)[C@@H](OC(=O)c1cccc(C(F)(F)F)c1)[C@H](OC(=O)c1cccc(C(F)(F)F)c1)C(=O)O)c1ccc(Cl)cc1. The van der Waals surface area contributed by atoms with Crippen LogP contribution in [0.25, 0.3) is 0 Å². The Labute approximate surface area is 247 Å². The van der Waals surface area contributed by atoms with Gasteiger partial charge in [-0.05, 0) is 60.7 Å². The molecule has 0 aliphatic heterocycles. The number of amides is 2. The second-order valence-corrected chi connectivity index (χ2v) is 9.03. The summed E-state index contributed by atoms with van der Waals surface area (Å²) >= 11 is 5.74. The third-order valence-corrected chi connectivity index (χ3v) is 5.75. The number of ether oxygens (including phenoxy) is 2. The normalized spacial score (nSPS) is 12.8. The average molecular weight is 647 g/mol. The number of nitrogens with one attached hydrogen (secondary N) is 2. The highest BCUT2D eigenvalue weighted by molar-refractivity contribution is 6.30. The van der Waals surface area contributed by atoms with Crippen LogP contribution in [0.4, 0.5) is 26.3 Å². The number of carbonyl (C=O) groups is 5. The highest BCUT2D eigenvalue weighted by Gasteiger charge is 2.42. The average Bonchev–Trinajstić information content (AvgIpc) is 2.96. The smallest absolute Gasteiger partial charge is 0.416 e. The Kier molecular flexibility index (Phi) is 10.2. The quantitative estimate of drug-likeness (QED) is 0.182. The molecule has 2 atom stereocenters. The third kappa shape index (κ3) is 8.70. The van der Waals surface area contributed by atoms with Crippen molar-refractivity contribution in [3.63, 3.8) is 0 Å². The molecule has 3 aromatic rings. The standard InChI is InChI=1S/C27H17ClF6N2O8/c28-18-9-7-13(8-10-18)21(37)35-36-22(38)19(43-24(41)14-3-1-5-16(11-14)26(29,30)31)20(23(39)40)44-25(42)15-4-2-6-17(12-15)27(32,33)34/h1-12,19-20H,(H,35,37)(H,36,38)(H,39,40)/t19-,20-/m0/s1. The Morgan fingerprint density at radius 3 is 1.55 bits per heavy atom. The Bertz CT molecular complexity index is 1580. The van der Waals surface area contributed by atoms with Crippen molar-refractivity contribution in [2.75, 3.05) is 0 Å². The molecule has 0 heterocycles. The largest absolute Gasteiger partial charge is 0.478 e. The van der Waals surface area contributed by atoms with E-state index in [0.717, 1.165) is 24.3 Å². The predicted molar refractivity (Wildman–Crippen MR) is 136 cm³/mol. The summed E-state index contributed by atoms with van der Waals surface area (Å²) in [6, 6.07) is 10.2. The van der Waals surface area contributed by atoms with Crippen LogP contribution in [0, 0.1) is 0 Å². The summed E-state index contributed by atoms with van der Waals surface area (Å²) in [7, 11) is 0. The van der Waals surface area contributed by atoms with Crippen LogP contribution in [0.3, 0.4) is 0 Å². The zero-order valence-electron chi connectivity index (χ0n) is 21.5. The molecule has 232 valence electrons. The number of aliphatic carboxylic acids is 1. The van der Waals surface area contributed by atoms with Crippen molar-refractivity contribution in [2.45, 2.75) is 24.6 Å². The summed E-state index contributed by atoms with van der Waals surface area (Å²) in [5, 5.41) is 9.96. The maximum atomic E-state index is 13.1. The third-order valence-electron chi connectivity index (χ3n) is 5.50. The molecule has 3 N–H and O–H groups in total. The van der Waals surface area contributed by atoms with E-state index in [2.05, 4.69) is 0 Å². The number of carbonyl (C=O) groups excluding carboxylic acids is 4. The van der Waals surface area contributed by atoms with E-state index >= 15 is 0 Å². The molecule has 17 heteroatoms. The van der Waals surface area contributed by atoms with E-state index < -0.39 is 76.5 Å². The number of hydrogen-bond donors (Lipinski definition) is 3. The van der Waals surface area contributed by atoms with Crippen molar-refractivity contribution in [1.29, 1.82) is 0 Å². The minimum absolute atomic E-state index is 0.0713. The molecule has 0 aliphatic carbocycles. The lowest BCUT2D eigenvalue weighted by atomic mass is 10.1. The second kappa shape index (κ2) is 13.5. The van der Waals surface area contributed by atoms with Gasteiger partial charge < -0.3 is 14.6 Å². The monoisotopic (exact) mass is 646 g/mol. The van der Waals surface area contributed by atoms with Crippen molar-refractivity contribution in [1.82, 2.24) is 10.9 Å². The molecule has 0 aliphatic rings. The number of carboxylic acids is 1. The van der Waals surface area contributed by atoms with Crippen LogP contribution >= 0.6 is 11.6 Å². The number of esters is 2. The minimum atomic E-state index is -4.91. The van der Waals surface area contributed by atoms with Crippen LogP contribution in [-0.4, -0.2) is 47.0 Å². The van der Waals surface area contributed by atoms with Gasteiger partial charge in [-0.15, -0.1) is 0 Å². The highest BCUT2D eigenvalue weighted by atomic mass is 35.5. The van der Waals surface area contributed by atoms with E-state index in [1.807, 2.05) is 5.43 Å². The fourth-order valence-corrected chi connectivity index (χ4v) is 3.50. The van der Waals surface area contributed by atoms with Crippen LogP contribution in [0.1, 0.15) is 42.2 Å². The Hall–Kier alpha value is -5.12. The first-order valence-electron chi connectivity index (χ1n) is 11.8. The van der Waals surface area contributed by atoms with E-state index in [9.17, 15) is 55.4 Å². The van der Waals surface area contributed by atoms with Gasteiger partial charge in [0.15, 0.2) is 0 Å². The summed E-state index contributed by atoms with van der Waals surface area (Å²) < 4.78 is 88.2. The number of hydrogen-bond acceptors (Lipinski definition) is 7. The number of carboxylic acid groups (broad SMARTS) is 1. The molecule has 3 rings (SSSR count). The van der Waals surface area contributed by atoms with Gasteiger partial charge in [0.2, 0.25) is 12.2 Å². The number of hydrazine groups is 1. The topological polar surface area (TPSA) is 148 Å². The number of benzene rings is 3. The zero-order valence-corrected chi connectivity index (χ0v) is 22.3. The molecule has 0 saturated carbocycles. The lowest BCUT2D eigenvalue weighted by Crippen LogP contribution is -2.54. The molecule has 10 nitrogen and oxygen atoms in total. The van der Waals surface area contributed by atoms with Crippen molar-refractivity contribution in [2.24, 2.45) is 0 Å². The van der Waals surface area contributed by atoms with E-state index in [1.165, 1.54) is 24.3 Å². The molecule has 0 aromatic heterocycles. The van der Waals surface area contributed by atoms with Gasteiger partial charge in [-0.3, -0.25) is 20.4 Å². The van der Waals surface area contributed by atoms with E-state index in [4.69, 9.17) is 21.1 Å². The molecule has 0 fully saturated rings. The molecule has 0 unspecified atom stereocenters. The Balaban J connectivity index is 1.92. The zero-order chi connectivity index (χ0) is 32.8. The summed E-state index contributed by atoms with van der Waals surface area (Å²) in [5.74, 6) is -8.21. The molecule has 2 amide bonds. The van der Waals surface area contributed by atoms with E-state index in [1.54, 1.807) is 5.43 Å². The van der Waals surface area contributed by atoms with E-state index in [-0.39, 0.29) is 10.6 Å². The summed E-state index contributed by atoms with van der Waals surface area (Å²) in [5.41, 5.74) is -0.720. The molecular formula is C27H17ClF6N2O8. The van der Waals surface area contributed by atoms with Crippen LogP contribution in [0.2, 0.25) is 5.02 Å².